The Morgan fingerprint density at radius 1 is 0.538 bits per heavy atom. The van der Waals surface area contributed by atoms with E-state index in [1.165, 1.54) is 22.3 Å². The van der Waals surface area contributed by atoms with Gasteiger partial charge in [0, 0.05) is 0 Å². The standard InChI is InChI=1S/C22H22N4/c1-2-20-4-3-19(1)13-23-9-10-25(17-23)15-21-5-7-22(8-6-21)16-26-12-11-24(14-20)18-26/h1-12,17-18H,13-16H2/q+2. The third-order valence-electron chi connectivity index (χ3n) is 5.00. The number of benzene rings is 2. The van der Waals surface area contributed by atoms with Crippen molar-refractivity contribution in [2.45, 2.75) is 26.2 Å². The van der Waals surface area contributed by atoms with Crippen molar-refractivity contribution in [3.63, 3.8) is 0 Å². The van der Waals surface area contributed by atoms with E-state index in [2.05, 4.69) is 104 Å². The van der Waals surface area contributed by atoms with Crippen LogP contribution in [0.2, 0.25) is 0 Å². The molecule has 4 aliphatic rings. The van der Waals surface area contributed by atoms with Crippen LogP contribution in [0.5, 0.6) is 0 Å². The predicted molar refractivity (Wildman–Crippen MR) is 98.5 cm³/mol. The van der Waals surface area contributed by atoms with E-state index >= 15 is 0 Å². The van der Waals surface area contributed by atoms with Gasteiger partial charge >= 0.3 is 0 Å². The van der Waals surface area contributed by atoms with E-state index in [9.17, 15) is 0 Å². The van der Waals surface area contributed by atoms with Gasteiger partial charge < -0.3 is 0 Å². The second kappa shape index (κ2) is 6.30. The highest BCUT2D eigenvalue weighted by Gasteiger charge is 2.09. The molecule has 0 atom stereocenters. The van der Waals surface area contributed by atoms with E-state index in [1.54, 1.807) is 0 Å². The van der Waals surface area contributed by atoms with E-state index in [1.807, 2.05) is 0 Å². The van der Waals surface area contributed by atoms with Crippen LogP contribution >= 0.6 is 0 Å². The molecule has 128 valence electrons. The molecule has 0 unspecified atom stereocenters. The average Bonchev–Trinajstić information content (AvgIpc) is 3.27. The third kappa shape index (κ3) is 3.18. The minimum absolute atomic E-state index is 0.899. The molecule has 0 fully saturated rings. The van der Waals surface area contributed by atoms with Gasteiger partial charge in [0.05, 0.1) is 0 Å². The molecule has 0 N–H and O–H groups in total. The van der Waals surface area contributed by atoms with Crippen molar-refractivity contribution in [1.29, 1.82) is 0 Å². The molecule has 0 saturated carbocycles. The summed E-state index contributed by atoms with van der Waals surface area (Å²) in [5, 5.41) is 0. The van der Waals surface area contributed by atoms with E-state index < -0.39 is 0 Å². The van der Waals surface area contributed by atoms with Gasteiger partial charge in [-0.25, -0.2) is 18.3 Å². The van der Waals surface area contributed by atoms with Crippen LogP contribution in [0.15, 0.2) is 86.0 Å². The fourth-order valence-corrected chi connectivity index (χ4v) is 3.60. The molecular formula is C22H22N4+2. The van der Waals surface area contributed by atoms with E-state index in [0.29, 0.717) is 0 Å². The Hall–Kier alpha value is -3.14. The first kappa shape index (κ1) is 15.1. The maximum Gasteiger partial charge on any atom is 0.244 e. The largest absolute Gasteiger partial charge is 0.244 e. The smallest absolute Gasteiger partial charge is 0.233 e. The van der Waals surface area contributed by atoms with Crippen molar-refractivity contribution in [3.05, 3.63) is 108 Å². The second-order valence-electron chi connectivity index (χ2n) is 7.15. The first-order chi connectivity index (χ1) is 12.8. The van der Waals surface area contributed by atoms with Crippen LogP contribution in [0.4, 0.5) is 0 Å². The highest BCUT2D eigenvalue weighted by atomic mass is 15.1. The summed E-state index contributed by atoms with van der Waals surface area (Å²) in [6, 6.07) is 17.9. The topological polar surface area (TPSA) is 17.6 Å². The Balaban J connectivity index is 1.52. The summed E-state index contributed by atoms with van der Waals surface area (Å²) in [6.45, 7) is 3.59. The normalized spacial score (nSPS) is 13.5. The zero-order chi connectivity index (χ0) is 17.3. The van der Waals surface area contributed by atoms with Crippen molar-refractivity contribution in [2.24, 2.45) is 0 Å². The first-order valence-corrected chi connectivity index (χ1v) is 9.05. The quantitative estimate of drug-likeness (QED) is 0.385. The zero-order valence-electron chi connectivity index (χ0n) is 14.7. The number of imidazole rings is 2. The summed E-state index contributed by atoms with van der Waals surface area (Å²) in [4.78, 5) is 0. The van der Waals surface area contributed by atoms with Crippen molar-refractivity contribution in [3.8, 4) is 0 Å². The van der Waals surface area contributed by atoms with Gasteiger partial charge in [0.15, 0.2) is 0 Å². The number of hydrogen-bond donors (Lipinski definition) is 0. The average molecular weight is 342 g/mol. The molecule has 6 heterocycles. The van der Waals surface area contributed by atoms with Gasteiger partial charge in [-0.1, -0.05) is 48.5 Å². The van der Waals surface area contributed by atoms with E-state index in [4.69, 9.17) is 0 Å². The van der Waals surface area contributed by atoms with Gasteiger partial charge in [0.25, 0.3) is 0 Å². The molecule has 0 aliphatic carbocycles. The molecule has 0 radical (unpaired) electrons. The number of aromatic nitrogens is 4. The third-order valence-corrected chi connectivity index (χ3v) is 5.00. The molecule has 4 aromatic rings. The summed E-state index contributed by atoms with van der Waals surface area (Å²) in [5.74, 6) is 0. The van der Waals surface area contributed by atoms with Gasteiger partial charge in [-0.15, -0.1) is 0 Å². The molecule has 4 heteroatoms. The molecule has 2 aromatic carbocycles. The number of rotatable bonds is 0. The van der Waals surface area contributed by atoms with E-state index in [0.717, 1.165) is 26.2 Å². The fraction of sp³-hybridized carbons (Fsp3) is 0.182. The van der Waals surface area contributed by atoms with Crippen LogP contribution in [-0.2, 0) is 26.2 Å². The highest BCUT2D eigenvalue weighted by Crippen LogP contribution is 2.09. The molecule has 26 heavy (non-hydrogen) atoms. The molecule has 4 aliphatic heterocycles. The molecule has 8 rings (SSSR count). The Bertz CT molecular complexity index is 858. The Morgan fingerprint density at radius 3 is 1.35 bits per heavy atom. The van der Waals surface area contributed by atoms with Gasteiger partial charge in [0.2, 0.25) is 12.7 Å². The number of nitrogens with zero attached hydrogens (tertiary/aromatic N) is 4. The number of hydrogen-bond acceptors (Lipinski definition) is 0. The van der Waals surface area contributed by atoms with E-state index in [-0.39, 0.29) is 0 Å². The molecule has 2 aromatic heterocycles. The Morgan fingerprint density at radius 2 is 0.923 bits per heavy atom. The molecular weight excluding hydrogens is 320 g/mol. The van der Waals surface area contributed by atoms with Crippen molar-refractivity contribution in [1.82, 2.24) is 9.13 Å². The predicted octanol–water partition coefficient (Wildman–Crippen LogP) is 2.37. The lowest BCUT2D eigenvalue weighted by Gasteiger charge is -2.03. The summed E-state index contributed by atoms with van der Waals surface area (Å²) in [7, 11) is 0. The van der Waals surface area contributed by atoms with Crippen LogP contribution in [0, 0.1) is 0 Å². The summed E-state index contributed by atoms with van der Waals surface area (Å²) in [6.07, 6.45) is 13.0. The lowest BCUT2D eigenvalue weighted by Crippen LogP contribution is -2.32. The Labute approximate surface area is 153 Å². The lowest BCUT2D eigenvalue weighted by molar-refractivity contribution is -0.688. The maximum absolute atomic E-state index is 2.24. The highest BCUT2D eigenvalue weighted by molar-refractivity contribution is 5.23. The monoisotopic (exact) mass is 342 g/mol. The Kier molecular flexibility index (Phi) is 3.67. The van der Waals surface area contributed by atoms with Gasteiger partial charge in [-0.05, 0) is 22.3 Å². The molecule has 4 nitrogen and oxygen atoms in total. The van der Waals surface area contributed by atoms with Gasteiger partial charge in [0.1, 0.15) is 51.0 Å². The van der Waals surface area contributed by atoms with Gasteiger partial charge in [-0.2, -0.15) is 0 Å². The molecule has 0 saturated heterocycles. The SMILES string of the molecule is c1cc2ccc1Cn1cc[n+](c1)Cc1ccc(cc1)Cn1cc[n+](c1)C2. The van der Waals surface area contributed by atoms with Crippen molar-refractivity contribution < 1.29 is 9.13 Å². The molecule has 8 bridgehead atoms. The van der Waals surface area contributed by atoms with Crippen LogP contribution in [-0.4, -0.2) is 9.13 Å². The summed E-state index contributed by atoms with van der Waals surface area (Å²) < 4.78 is 8.95. The minimum atomic E-state index is 0.899. The fourth-order valence-electron chi connectivity index (χ4n) is 3.60. The van der Waals surface area contributed by atoms with Crippen LogP contribution in [0.1, 0.15) is 22.3 Å². The first-order valence-electron chi connectivity index (χ1n) is 9.05. The molecule has 0 amide bonds. The van der Waals surface area contributed by atoms with Crippen LogP contribution in [0.3, 0.4) is 0 Å². The van der Waals surface area contributed by atoms with Gasteiger partial charge in [-0.3, -0.25) is 0 Å². The lowest BCUT2D eigenvalue weighted by atomic mass is 10.1. The molecule has 0 spiro atoms. The summed E-state index contributed by atoms with van der Waals surface area (Å²) in [5.41, 5.74) is 5.29. The van der Waals surface area contributed by atoms with Crippen molar-refractivity contribution in [2.75, 3.05) is 0 Å². The summed E-state index contributed by atoms with van der Waals surface area (Å²) >= 11 is 0. The van der Waals surface area contributed by atoms with Crippen LogP contribution in [0.25, 0.3) is 0 Å². The second-order valence-corrected chi connectivity index (χ2v) is 7.15. The maximum atomic E-state index is 2.24. The van der Waals surface area contributed by atoms with Crippen LogP contribution < -0.4 is 9.13 Å². The van der Waals surface area contributed by atoms with Crippen molar-refractivity contribution >= 4 is 0 Å². The zero-order valence-corrected chi connectivity index (χ0v) is 14.7. The minimum Gasteiger partial charge on any atom is -0.233 e.